The molecule has 2 N–H and O–H groups in total. The van der Waals surface area contributed by atoms with E-state index in [1.54, 1.807) is 0 Å². The number of carbonyl (C=O) groups is 2. The molecule has 1 aromatic carbocycles. The summed E-state index contributed by atoms with van der Waals surface area (Å²) in [5.41, 5.74) is -0.0266. The minimum absolute atomic E-state index is 0.140. The summed E-state index contributed by atoms with van der Waals surface area (Å²) in [6.45, 7) is 6.49. The number of amides is 2. The van der Waals surface area contributed by atoms with E-state index >= 15 is 0 Å². The van der Waals surface area contributed by atoms with Crippen molar-refractivity contribution in [2.75, 3.05) is 19.6 Å². The molecule has 2 unspecified atom stereocenters. The third-order valence-electron chi connectivity index (χ3n) is 6.69. The molecule has 2 atom stereocenters. The molecule has 2 aliphatic rings. The number of benzene rings is 1. The van der Waals surface area contributed by atoms with Crippen LogP contribution in [-0.4, -0.2) is 48.1 Å². The Hall–Kier alpha value is -2.59. The van der Waals surface area contributed by atoms with E-state index in [9.17, 15) is 14.9 Å². The molecule has 3 rings (SSSR count). The first-order chi connectivity index (χ1) is 15.9. The van der Waals surface area contributed by atoms with Crippen LogP contribution in [-0.2, 0) is 16.1 Å². The molecule has 0 bridgehead atoms. The van der Waals surface area contributed by atoms with Crippen LogP contribution in [0.2, 0.25) is 0 Å². The number of nitrogens with one attached hydrogen (secondary N) is 2. The highest BCUT2D eigenvalue weighted by molar-refractivity contribution is 5.86. The Morgan fingerprint density at radius 1 is 1.21 bits per heavy atom. The van der Waals surface area contributed by atoms with Gasteiger partial charge >= 0.3 is 6.09 Å². The molecule has 2 fully saturated rings. The predicted octanol–water partition coefficient (Wildman–Crippen LogP) is 3.99. The molecule has 0 aromatic heterocycles. The van der Waals surface area contributed by atoms with Crippen LogP contribution in [0.15, 0.2) is 30.3 Å². The number of nitrogens with zero attached hydrogens (tertiary/aromatic N) is 2. The van der Waals surface area contributed by atoms with Gasteiger partial charge in [0.2, 0.25) is 5.91 Å². The molecule has 1 saturated carbocycles. The van der Waals surface area contributed by atoms with E-state index in [1.807, 2.05) is 44.2 Å². The molecule has 7 nitrogen and oxygen atoms in total. The zero-order valence-electron chi connectivity index (χ0n) is 20.0. The van der Waals surface area contributed by atoms with Crippen LogP contribution in [0, 0.1) is 23.2 Å². The fourth-order valence-electron chi connectivity index (χ4n) is 4.93. The summed E-state index contributed by atoms with van der Waals surface area (Å²) in [6.07, 6.45) is 6.88. The van der Waals surface area contributed by atoms with Crippen molar-refractivity contribution in [3.05, 3.63) is 35.9 Å². The Morgan fingerprint density at radius 3 is 2.61 bits per heavy atom. The summed E-state index contributed by atoms with van der Waals surface area (Å²) in [6, 6.07) is 11.0. The second-order valence-corrected chi connectivity index (χ2v) is 10.1. The topological polar surface area (TPSA) is 94.5 Å². The standard InChI is InChI=1S/C26H38N4O3/c1-20(2)15-23(28-25(32)33-17-22-11-7-4-8-12-22)24(31)29-26(18-27)13-14-30(19-26)16-21-9-5-3-6-10-21/h4,7-8,11-12,20-21,23H,3,5-6,9-10,13-17,19H2,1-2H3,(H,28,32)(H,29,31). The summed E-state index contributed by atoms with van der Waals surface area (Å²) in [7, 11) is 0. The zero-order chi connectivity index (χ0) is 23.7. The van der Waals surface area contributed by atoms with Crippen LogP contribution in [0.5, 0.6) is 0 Å². The van der Waals surface area contributed by atoms with Gasteiger partial charge in [0, 0.05) is 19.6 Å². The fraction of sp³-hybridized carbons (Fsp3) is 0.654. The molecule has 33 heavy (non-hydrogen) atoms. The van der Waals surface area contributed by atoms with E-state index in [4.69, 9.17) is 4.74 Å². The second kappa shape index (κ2) is 12.0. The molecule has 2 amide bonds. The molecule has 1 saturated heterocycles. The molecule has 7 heteroatoms. The average molecular weight is 455 g/mol. The average Bonchev–Trinajstić information content (AvgIpc) is 3.21. The number of alkyl carbamates (subject to hydrolysis) is 1. The van der Waals surface area contributed by atoms with Crippen molar-refractivity contribution in [3.8, 4) is 6.07 Å². The molecule has 0 radical (unpaired) electrons. The first-order valence-corrected chi connectivity index (χ1v) is 12.3. The molecule has 1 aliphatic heterocycles. The molecular weight excluding hydrogens is 416 g/mol. The zero-order valence-corrected chi connectivity index (χ0v) is 20.0. The number of hydrogen-bond acceptors (Lipinski definition) is 5. The summed E-state index contributed by atoms with van der Waals surface area (Å²) >= 11 is 0. The quantitative estimate of drug-likeness (QED) is 0.588. The summed E-state index contributed by atoms with van der Waals surface area (Å²) < 4.78 is 5.31. The maximum atomic E-state index is 13.2. The maximum Gasteiger partial charge on any atom is 0.408 e. The number of ether oxygens (including phenoxy) is 1. The van der Waals surface area contributed by atoms with Gasteiger partial charge in [0.15, 0.2) is 0 Å². The number of carbonyl (C=O) groups excluding carboxylic acids is 2. The van der Waals surface area contributed by atoms with Crippen molar-refractivity contribution >= 4 is 12.0 Å². The van der Waals surface area contributed by atoms with Gasteiger partial charge in [-0.25, -0.2) is 4.79 Å². The third-order valence-corrected chi connectivity index (χ3v) is 6.69. The Kier molecular flexibility index (Phi) is 9.13. The van der Waals surface area contributed by atoms with E-state index in [0.29, 0.717) is 25.3 Å². The predicted molar refractivity (Wildman–Crippen MR) is 127 cm³/mol. The minimum atomic E-state index is -0.906. The van der Waals surface area contributed by atoms with Gasteiger partial charge in [-0.05, 0) is 43.1 Å². The highest BCUT2D eigenvalue weighted by Crippen LogP contribution is 2.28. The molecule has 0 spiro atoms. The van der Waals surface area contributed by atoms with E-state index in [0.717, 1.165) is 18.7 Å². The van der Waals surface area contributed by atoms with Gasteiger partial charge in [0.1, 0.15) is 18.2 Å². The molecule has 1 aliphatic carbocycles. The lowest BCUT2D eigenvalue weighted by molar-refractivity contribution is -0.124. The van der Waals surface area contributed by atoms with Gasteiger partial charge < -0.3 is 15.4 Å². The van der Waals surface area contributed by atoms with E-state index < -0.39 is 17.7 Å². The lowest BCUT2D eigenvalue weighted by atomic mass is 9.89. The first-order valence-electron chi connectivity index (χ1n) is 12.3. The SMILES string of the molecule is CC(C)CC(NC(=O)OCc1ccccc1)C(=O)NC1(C#N)CCN(CC2CCCCC2)C1. The van der Waals surface area contributed by atoms with Crippen molar-refractivity contribution in [1.82, 2.24) is 15.5 Å². The van der Waals surface area contributed by atoms with Crippen molar-refractivity contribution in [1.29, 1.82) is 5.26 Å². The van der Waals surface area contributed by atoms with Gasteiger partial charge in [-0.1, -0.05) is 63.4 Å². The van der Waals surface area contributed by atoms with Crippen LogP contribution in [0.4, 0.5) is 4.79 Å². The third kappa shape index (κ3) is 7.75. The molecule has 1 heterocycles. The fourth-order valence-corrected chi connectivity index (χ4v) is 4.93. The van der Waals surface area contributed by atoms with Crippen molar-refractivity contribution in [3.63, 3.8) is 0 Å². The van der Waals surface area contributed by atoms with Crippen molar-refractivity contribution in [2.45, 2.75) is 77.0 Å². The maximum absolute atomic E-state index is 13.2. The lowest BCUT2D eigenvalue weighted by Gasteiger charge is -2.29. The molecule has 180 valence electrons. The smallest absolute Gasteiger partial charge is 0.408 e. The first kappa shape index (κ1) is 25.0. The Labute approximate surface area is 197 Å². The van der Waals surface area contributed by atoms with Gasteiger partial charge in [0.25, 0.3) is 0 Å². The number of hydrogen-bond donors (Lipinski definition) is 2. The van der Waals surface area contributed by atoms with Gasteiger partial charge in [-0.3, -0.25) is 9.69 Å². The van der Waals surface area contributed by atoms with Gasteiger partial charge in [-0.2, -0.15) is 5.26 Å². The number of nitriles is 1. The summed E-state index contributed by atoms with van der Waals surface area (Å²) in [4.78, 5) is 27.9. The van der Waals surface area contributed by atoms with Crippen LogP contribution < -0.4 is 10.6 Å². The minimum Gasteiger partial charge on any atom is -0.445 e. The second-order valence-electron chi connectivity index (χ2n) is 10.1. The number of likely N-dealkylation sites (tertiary alicyclic amines) is 1. The monoisotopic (exact) mass is 454 g/mol. The largest absolute Gasteiger partial charge is 0.445 e. The van der Waals surface area contributed by atoms with Crippen LogP contribution in [0.3, 0.4) is 0 Å². The van der Waals surface area contributed by atoms with Gasteiger partial charge in [-0.15, -0.1) is 0 Å². The van der Waals surface area contributed by atoms with Crippen molar-refractivity contribution in [2.24, 2.45) is 11.8 Å². The number of rotatable bonds is 9. The van der Waals surface area contributed by atoms with Gasteiger partial charge in [0.05, 0.1) is 6.07 Å². The van der Waals surface area contributed by atoms with E-state index in [1.165, 1.54) is 32.1 Å². The van der Waals surface area contributed by atoms with E-state index in [2.05, 4.69) is 21.6 Å². The van der Waals surface area contributed by atoms with Crippen molar-refractivity contribution < 1.29 is 14.3 Å². The summed E-state index contributed by atoms with van der Waals surface area (Å²) in [5.74, 6) is 0.569. The molecule has 1 aromatic rings. The van der Waals surface area contributed by atoms with E-state index in [-0.39, 0.29) is 18.4 Å². The van der Waals surface area contributed by atoms with Crippen LogP contribution >= 0.6 is 0 Å². The molecular formula is C26H38N4O3. The van der Waals surface area contributed by atoms with Crippen LogP contribution in [0.1, 0.15) is 64.4 Å². The highest BCUT2D eigenvalue weighted by atomic mass is 16.5. The lowest BCUT2D eigenvalue weighted by Crippen LogP contribution is -2.56. The summed E-state index contributed by atoms with van der Waals surface area (Å²) in [5, 5.41) is 15.6. The van der Waals surface area contributed by atoms with Crippen LogP contribution in [0.25, 0.3) is 0 Å². The normalized spacial score (nSPS) is 22.5. The Morgan fingerprint density at radius 2 is 1.94 bits per heavy atom. The Bertz CT molecular complexity index is 817. The Balaban J connectivity index is 1.55. The highest BCUT2D eigenvalue weighted by Gasteiger charge is 2.41.